The molecule has 0 saturated carbocycles. The van der Waals surface area contributed by atoms with Crippen molar-refractivity contribution in [3.8, 4) is 5.88 Å². The maximum Gasteiger partial charge on any atom is 0.214 e. The molecule has 0 fully saturated rings. The maximum absolute atomic E-state index is 5.72. The number of pyridine rings is 1. The summed E-state index contributed by atoms with van der Waals surface area (Å²) in [6, 6.07) is 14.1. The van der Waals surface area contributed by atoms with Crippen molar-refractivity contribution in [1.82, 2.24) is 4.98 Å². The summed E-state index contributed by atoms with van der Waals surface area (Å²) in [4.78, 5) is 4.51. The number of hydrogen-bond donors (Lipinski definition) is 1. The van der Waals surface area contributed by atoms with Gasteiger partial charge in [-0.2, -0.15) is 0 Å². The van der Waals surface area contributed by atoms with Crippen molar-refractivity contribution in [2.24, 2.45) is 5.73 Å². The Labute approximate surface area is 126 Å². The van der Waals surface area contributed by atoms with Crippen LogP contribution in [0.4, 0.5) is 0 Å². The molecular formula is C18H22N2O. The summed E-state index contributed by atoms with van der Waals surface area (Å²) in [6.45, 7) is 5.22. The Bertz CT molecular complexity index is 591. The maximum atomic E-state index is 5.72. The van der Waals surface area contributed by atoms with Crippen LogP contribution in [0, 0.1) is 0 Å². The fourth-order valence-electron chi connectivity index (χ4n) is 1.95. The summed E-state index contributed by atoms with van der Waals surface area (Å²) >= 11 is 0. The first kappa shape index (κ1) is 15.3. The molecule has 0 aliphatic heterocycles. The van der Waals surface area contributed by atoms with Gasteiger partial charge in [-0.1, -0.05) is 50.3 Å². The SMILES string of the molecule is CC(C)c1cc(CN)cc(OC/C=C/c2ccccc2)n1. The van der Waals surface area contributed by atoms with Crippen LogP contribution in [-0.2, 0) is 6.54 Å². The smallest absolute Gasteiger partial charge is 0.214 e. The van der Waals surface area contributed by atoms with Crippen LogP contribution in [0.15, 0.2) is 48.5 Å². The Morgan fingerprint density at radius 3 is 2.62 bits per heavy atom. The van der Waals surface area contributed by atoms with Gasteiger partial charge in [-0.25, -0.2) is 4.98 Å². The molecule has 2 rings (SSSR count). The molecule has 0 radical (unpaired) electrons. The largest absolute Gasteiger partial charge is 0.473 e. The Hall–Kier alpha value is -2.13. The third-order valence-electron chi connectivity index (χ3n) is 3.15. The lowest BCUT2D eigenvalue weighted by Gasteiger charge is -2.10. The third-order valence-corrected chi connectivity index (χ3v) is 3.15. The summed E-state index contributed by atoms with van der Waals surface area (Å²) in [6.07, 6.45) is 4.03. The Balaban J connectivity index is 1.99. The molecule has 2 N–H and O–H groups in total. The number of nitrogens with zero attached hydrogens (tertiary/aromatic N) is 1. The highest BCUT2D eigenvalue weighted by Gasteiger charge is 2.06. The van der Waals surface area contributed by atoms with Crippen LogP contribution in [0.3, 0.4) is 0 Å². The quantitative estimate of drug-likeness (QED) is 0.877. The zero-order chi connectivity index (χ0) is 15.1. The minimum Gasteiger partial charge on any atom is -0.473 e. The topological polar surface area (TPSA) is 48.1 Å². The Morgan fingerprint density at radius 2 is 1.95 bits per heavy atom. The molecule has 0 amide bonds. The predicted molar refractivity (Wildman–Crippen MR) is 87.2 cm³/mol. The molecule has 1 aromatic carbocycles. The second kappa shape index (κ2) is 7.60. The van der Waals surface area contributed by atoms with Crippen LogP contribution in [0.1, 0.15) is 36.6 Å². The molecule has 0 atom stereocenters. The van der Waals surface area contributed by atoms with E-state index in [-0.39, 0.29) is 0 Å². The molecule has 110 valence electrons. The van der Waals surface area contributed by atoms with E-state index in [0.29, 0.717) is 24.9 Å². The Morgan fingerprint density at radius 1 is 1.19 bits per heavy atom. The first-order valence-corrected chi connectivity index (χ1v) is 7.24. The van der Waals surface area contributed by atoms with Gasteiger partial charge in [0.25, 0.3) is 0 Å². The minimum absolute atomic E-state index is 0.360. The van der Waals surface area contributed by atoms with Crippen LogP contribution >= 0.6 is 0 Å². The first-order chi connectivity index (χ1) is 10.2. The van der Waals surface area contributed by atoms with Gasteiger partial charge in [-0.3, -0.25) is 0 Å². The normalized spacial score (nSPS) is 11.2. The lowest BCUT2D eigenvalue weighted by molar-refractivity contribution is 0.347. The molecule has 3 nitrogen and oxygen atoms in total. The zero-order valence-electron chi connectivity index (χ0n) is 12.6. The molecule has 3 heteroatoms. The second-order valence-corrected chi connectivity index (χ2v) is 5.22. The zero-order valence-corrected chi connectivity index (χ0v) is 12.6. The van der Waals surface area contributed by atoms with Crippen LogP contribution in [0.2, 0.25) is 0 Å². The number of aromatic nitrogens is 1. The number of rotatable bonds is 6. The summed E-state index contributed by atoms with van der Waals surface area (Å²) in [7, 11) is 0. The van der Waals surface area contributed by atoms with Gasteiger partial charge in [-0.15, -0.1) is 0 Å². The molecule has 0 aliphatic carbocycles. The minimum atomic E-state index is 0.360. The van der Waals surface area contributed by atoms with E-state index in [0.717, 1.165) is 16.8 Å². The summed E-state index contributed by atoms with van der Waals surface area (Å²) in [5.74, 6) is 0.998. The highest BCUT2D eigenvalue weighted by molar-refractivity contribution is 5.48. The Kier molecular flexibility index (Phi) is 5.52. The van der Waals surface area contributed by atoms with Gasteiger partial charge in [0.2, 0.25) is 5.88 Å². The molecule has 0 saturated heterocycles. The van der Waals surface area contributed by atoms with Crippen molar-refractivity contribution in [2.45, 2.75) is 26.3 Å². The van der Waals surface area contributed by atoms with E-state index >= 15 is 0 Å². The van der Waals surface area contributed by atoms with Crippen LogP contribution < -0.4 is 10.5 Å². The lowest BCUT2D eigenvalue weighted by atomic mass is 10.1. The fourth-order valence-corrected chi connectivity index (χ4v) is 1.95. The predicted octanol–water partition coefficient (Wildman–Crippen LogP) is 3.76. The van der Waals surface area contributed by atoms with Crippen molar-refractivity contribution < 1.29 is 4.74 Å². The molecule has 0 aliphatic rings. The van der Waals surface area contributed by atoms with Gasteiger partial charge in [0.1, 0.15) is 6.61 Å². The van der Waals surface area contributed by atoms with Crippen LogP contribution in [0.25, 0.3) is 6.08 Å². The van der Waals surface area contributed by atoms with Crippen LogP contribution in [0.5, 0.6) is 5.88 Å². The van der Waals surface area contributed by atoms with Crippen molar-refractivity contribution >= 4 is 6.08 Å². The monoisotopic (exact) mass is 282 g/mol. The number of nitrogens with two attached hydrogens (primary N) is 1. The second-order valence-electron chi connectivity index (χ2n) is 5.22. The average molecular weight is 282 g/mol. The van der Waals surface area contributed by atoms with E-state index in [4.69, 9.17) is 10.5 Å². The van der Waals surface area contributed by atoms with Gasteiger partial charge < -0.3 is 10.5 Å². The fraction of sp³-hybridized carbons (Fsp3) is 0.278. The number of hydrogen-bond acceptors (Lipinski definition) is 3. The van der Waals surface area contributed by atoms with E-state index in [1.54, 1.807) is 0 Å². The van der Waals surface area contributed by atoms with Crippen LogP contribution in [-0.4, -0.2) is 11.6 Å². The summed E-state index contributed by atoms with van der Waals surface area (Å²) in [5.41, 5.74) is 8.95. The molecule has 21 heavy (non-hydrogen) atoms. The molecule has 0 unspecified atom stereocenters. The van der Waals surface area contributed by atoms with E-state index in [1.807, 2.05) is 42.5 Å². The van der Waals surface area contributed by atoms with Gasteiger partial charge in [0.05, 0.1) is 0 Å². The first-order valence-electron chi connectivity index (χ1n) is 7.24. The highest BCUT2D eigenvalue weighted by Crippen LogP contribution is 2.18. The third kappa shape index (κ3) is 4.72. The molecule has 0 bridgehead atoms. The molecule has 1 heterocycles. The molecule has 1 aromatic heterocycles. The number of benzene rings is 1. The lowest BCUT2D eigenvalue weighted by Crippen LogP contribution is -2.04. The van der Waals surface area contributed by atoms with Crippen molar-refractivity contribution in [3.63, 3.8) is 0 Å². The molecule has 0 spiro atoms. The highest BCUT2D eigenvalue weighted by atomic mass is 16.5. The molecule has 2 aromatic rings. The van der Waals surface area contributed by atoms with Gasteiger partial charge in [0.15, 0.2) is 0 Å². The van der Waals surface area contributed by atoms with E-state index in [2.05, 4.69) is 31.0 Å². The van der Waals surface area contributed by atoms with Gasteiger partial charge in [-0.05, 0) is 29.2 Å². The summed E-state index contributed by atoms with van der Waals surface area (Å²) < 4.78 is 5.71. The summed E-state index contributed by atoms with van der Waals surface area (Å²) in [5, 5.41) is 0. The number of ether oxygens (including phenoxy) is 1. The van der Waals surface area contributed by atoms with Gasteiger partial charge in [0, 0.05) is 18.3 Å². The van der Waals surface area contributed by atoms with E-state index in [1.165, 1.54) is 0 Å². The standard InChI is InChI=1S/C18H22N2O/c1-14(2)17-11-16(13-19)12-18(20-17)21-10-6-9-15-7-4-3-5-8-15/h3-9,11-12,14H,10,13,19H2,1-2H3/b9-6+. The average Bonchev–Trinajstić information content (AvgIpc) is 2.52. The van der Waals surface area contributed by atoms with E-state index in [9.17, 15) is 0 Å². The van der Waals surface area contributed by atoms with Crippen molar-refractivity contribution in [2.75, 3.05) is 6.61 Å². The van der Waals surface area contributed by atoms with Crippen molar-refractivity contribution in [1.29, 1.82) is 0 Å². The van der Waals surface area contributed by atoms with Crippen molar-refractivity contribution in [3.05, 3.63) is 65.4 Å². The van der Waals surface area contributed by atoms with Gasteiger partial charge >= 0.3 is 0 Å². The van der Waals surface area contributed by atoms with E-state index < -0.39 is 0 Å². The molecular weight excluding hydrogens is 260 g/mol.